The van der Waals surface area contributed by atoms with Crippen molar-refractivity contribution in [2.24, 2.45) is 0 Å². The largest absolute Gasteiger partial charge is 0.379 e. The number of hydrogen-bond acceptors (Lipinski definition) is 6. The summed E-state index contributed by atoms with van der Waals surface area (Å²) in [5.41, 5.74) is 2.39. The van der Waals surface area contributed by atoms with Gasteiger partial charge in [0.25, 0.3) is 5.91 Å². The van der Waals surface area contributed by atoms with Gasteiger partial charge in [-0.05, 0) is 53.1 Å². The molecule has 2 aromatic carbocycles. The molecule has 0 atom stereocenters. The fourth-order valence-corrected chi connectivity index (χ4v) is 5.09. The summed E-state index contributed by atoms with van der Waals surface area (Å²) in [4.78, 5) is 15.1. The number of hydrogen-bond donors (Lipinski definition) is 1. The van der Waals surface area contributed by atoms with Crippen LogP contribution in [0.4, 0.5) is 0 Å². The van der Waals surface area contributed by atoms with Crippen LogP contribution in [0.1, 0.15) is 53.8 Å². The Morgan fingerprint density at radius 2 is 1.70 bits per heavy atom. The van der Waals surface area contributed by atoms with Crippen LogP contribution in [0.25, 0.3) is 5.69 Å². The lowest BCUT2D eigenvalue weighted by Crippen LogP contribution is -2.53. The molecule has 1 aromatic heterocycles. The molecule has 1 saturated carbocycles. The minimum Gasteiger partial charge on any atom is -0.379 e. The van der Waals surface area contributed by atoms with Gasteiger partial charge in [-0.2, -0.15) is 4.68 Å². The van der Waals surface area contributed by atoms with E-state index in [1.807, 2.05) is 59.3 Å². The third kappa shape index (κ3) is 4.54. The zero-order chi connectivity index (χ0) is 22.5. The average molecular weight is 447 g/mol. The van der Waals surface area contributed by atoms with E-state index in [2.05, 4.69) is 25.7 Å². The molecular weight excluding hydrogens is 416 g/mol. The number of tetrazole rings is 1. The molecule has 2 fully saturated rings. The number of morpholine rings is 1. The first kappa shape index (κ1) is 21.7. The Kier molecular flexibility index (Phi) is 6.46. The van der Waals surface area contributed by atoms with Crippen molar-refractivity contribution in [1.82, 2.24) is 30.4 Å². The first-order valence-electron chi connectivity index (χ1n) is 11.8. The summed E-state index contributed by atoms with van der Waals surface area (Å²) in [5, 5.41) is 15.9. The Morgan fingerprint density at radius 3 is 2.42 bits per heavy atom. The van der Waals surface area contributed by atoms with Crippen molar-refractivity contribution in [3.05, 3.63) is 71.5 Å². The van der Waals surface area contributed by atoms with Gasteiger partial charge in [0.1, 0.15) is 0 Å². The molecule has 172 valence electrons. The fourth-order valence-electron chi connectivity index (χ4n) is 5.09. The molecule has 8 nitrogen and oxygen atoms in total. The highest BCUT2D eigenvalue weighted by atomic mass is 16.5. The van der Waals surface area contributed by atoms with Gasteiger partial charge >= 0.3 is 0 Å². The zero-order valence-electron chi connectivity index (χ0n) is 18.8. The molecule has 0 bridgehead atoms. The van der Waals surface area contributed by atoms with Crippen LogP contribution < -0.4 is 5.32 Å². The minimum absolute atomic E-state index is 0.0978. The molecule has 0 spiro atoms. The third-order valence-electron chi connectivity index (χ3n) is 6.85. The molecule has 1 amide bonds. The summed E-state index contributed by atoms with van der Waals surface area (Å²) in [6.45, 7) is 3.79. The van der Waals surface area contributed by atoms with E-state index in [1.165, 1.54) is 19.3 Å². The maximum Gasteiger partial charge on any atom is 0.251 e. The van der Waals surface area contributed by atoms with Crippen LogP contribution in [0.15, 0.2) is 54.6 Å². The predicted octanol–water partition coefficient (Wildman–Crippen LogP) is 3.08. The molecule has 1 N–H and O–H groups in total. The number of rotatable bonds is 6. The van der Waals surface area contributed by atoms with E-state index in [1.54, 1.807) is 0 Å². The van der Waals surface area contributed by atoms with Crippen LogP contribution in [0.5, 0.6) is 0 Å². The maximum atomic E-state index is 12.6. The smallest absolute Gasteiger partial charge is 0.251 e. The van der Waals surface area contributed by atoms with Gasteiger partial charge in [-0.25, -0.2) is 0 Å². The molecule has 1 saturated heterocycles. The molecule has 1 aliphatic heterocycles. The fraction of sp³-hybridized carbons (Fsp3) is 0.440. The first-order valence-corrected chi connectivity index (χ1v) is 11.8. The van der Waals surface area contributed by atoms with E-state index >= 15 is 0 Å². The number of nitrogens with zero attached hydrogens (tertiary/aromatic N) is 5. The second-order valence-electron chi connectivity index (χ2n) is 8.82. The molecule has 33 heavy (non-hydrogen) atoms. The SMILES string of the molecule is O=C(NCc1ccccc1)c1ccc(-n2nnnc2C2(N3CCOCC3)CCCCC2)cc1. The van der Waals surface area contributed by atoms with Crippen LogP contribution in [0.3, 0.4) is 0 Å². The zero-order valence-corrected chi connectivity index (χ0v) is 18.8. The summed E-state index contributed by atoms with van der Waals surface area (Å²) in [6.07, 6.45) is 5.69. The Bertz CT molecular complexity index is 1050. The summed E-state index contributed by atoms with van der Waals surface area (Å²) in [5.74, 6) is 0.796. The van der Waals surface area contributed by atoms with Crippen molar-refractivity contribution in [2.75, 3.05) is 26.3 Å². The standard InChI is InChI=1S/C25H30N6O2/c32-23(26-19-20-7-3-1-4-8-20)21-9-11-22(12-10-21)31-24(27-28-29-31)25(13-5-2-6-14-25)30-15-17-33-18-16-30/h1,3-4,7-12H,2,5-6,13-19H2,(H,26,32). The number of amides is 1. The Balaban J connectivity index is 1.36. The summed E-state index contributed by atoms with van der Waals surface area (Å²) >= 11 is 0. The molecule has 0 radical (unpaired) electrons. The molecule has 3 aromatic rings. The lowest BCUT2D eigenvalue weighted by atomic mass is 9.79. The van der Waals surface area contributed by atoms with Gasteiger partial charge in [0.15, 0.2) is 5.82 Å². The highest BCUT2D eigenvalue weighted by Gasteiger charge is 2.44. The molecule has 2 aliphatic rings. The summed E-state index contributed by atoms with van der Waals surface area (Å²) in [6, 6.07) is 17.4. The van der Waals surface area contributed by atoms with Crippen molar-refractivity contribution in [2.45, 2.75) is 44.2 Å². The number of carbonyl (C=O) groups excluding carboxylic acids is 1. The highest BCUT2D eigenvalue weighted by Crippen LogP contribution is 2.42. The van der Waals surface area contributed by atoms with Gasteiger partial charge < -0.3 is 10.1 Å². The molecule has 2 heterocycles. The van der Waals surface area contributed by atoms with Crippen molar-refractivity contribution in [3.63, 3.8) is 0 Å². The van der Waals surface area contributed by atoms with Gasteiger partial charge in [0.2, 0.25) is 0 Å². The predicted molar refractivity (Wildman–Crippen MR) is 124 cm³/mol. The van der Waals surface area contributed by atoms with Gasteiger partial charge in [-0.3, -0.25) is 9.69 Å². The number of nitrogens with one attached hydrogen (secondary N) is 1. The quantitative estimate of drug-likeness (QED) is 0.626. The molecule has 5 rings (SSSR count). The minimum atomic E-state index is -0.169. The highest BCUT2D eigenvalue weighted by molar-refractivity contribution is 5.94. The average Bonchev–Trinajstić information content (AvgIpc) is 3.40. The Labute approximate surface area is 193 Å². The second kappa shape index (κ2) is 9.80. The summed E-state index contributed by atoms with van der Waals surface area (Å²) < 4.78 is 7.47. The number of ether oxygens (including phenoxy) is 1. The van der Waals surface area contributed by atoms with Gasteiger partial charge in [-0.1, -0.05) is 49.6 Å². The Hall–Kier alpha value is -3.10. The molecule has 8 heteroatoms. The maximum absolute atomic E-state index is 12.6. The monoisotopic (exact) mass is 446 g/mol. The molecule has 0 unspecified atom stereocenters. The van der Waals surface area contributed by atoms with E-state index < -0.39 is 0 Å². The lowest BCUT2D eigenvalue weighted by molar-refractivity contribution is -0.0451. The van der Waals surface area contributed by atoms with E-state index in [-0.39, 0.29) is 11.4 Å². The van der Waals surface area contributed by atoms with Crippen molar-refractivity contribution in [1.29, 1.82) is 0 Å². The van der Waals surface area contributed by atoms with Crippen molar-refractivity contribution in [3.8, 4) is 5.69 Å². The van der Waals surface area contributed by atoms with Crippen LogP contribution in [0, 0.1) is 0 Å². The van der Waals surface area contributed by atoms with Crippen LogP contribution >= 0.6 is 0 Å². The number of benzene rings is 2. The number of aromatic nitrogens is 4. The lowest BCUT2D eigenvalue weighted by Gasteiger charge is -2.46. The molecule has 1 aliphatic carbocycles. The normalized spacial score (nSPS) is 18.7. The van der Waals surface area contributed by atoms with Crippen molar-refractivity contribution < 1.29 is 9.53 Å². The van der Waals surface area contributed by atoms with E-state index in [9.17, 15) is 4.79 Å². The first-order chi connectivity index (χ1) is 16.3. The Morgan fingerprint density at radius 1 is 0.970 bits per heavy atom. The van der Waals surface area contributed by atoms with Crippen LogP contribution in [0.2, 0.25) is 0 Å². The van der Waals surface area contributed by atoms with E-state index in [0.717, 1.165) is 56.2 Å². The van der Waals surface area contributed by atoms with E-state index in [0.29, 0.717) is 12.1 Å². The van der Waals surface area contributed by atoms with Crippen LogP contribution in [-0.4, -0.2) is 57.3 Å². The summed E-state index contributed by atoms with van der Waals surface area (Å²) in [7, 11) is 0. The van der Waals surface area contributed by atoms with Gasteiger partial charge in [-0.15, -0.1) is 5.10 Å². The van der Waals surface area contributed by atoms with Gasteiger partial charge in [0, 0.05) is 25.2 Å². The van der Waals surface area contributed by atoms with Crippen LogP contribution in [-0.2, 0) is 16.8 Å². The van der Waals surface area contributed by atoms with E-state index in [4.69, 9.17) is 4.74 Å². The number of carbonyl (C=O) groups is 1. The second-order valence-corrected chi connectivity index (χ2v) is 8.82. The van der Waals surface area contributed by atoms with Crippen molar-refractivity contribution >= 4 is 5.91 Å². The topological polar surface area (TPSA) is 85.2 Å². The third-order valence-corrected chi connectivity index (χ3v) is 6.85. The van der Waals surface area contributed by atoms with Gasteiger partial charge in [0.05, 0.1) is 24.4 Å². The molecular formula is C25H30N6O2.